The summed E-state index contributed by atoms with van der Waals surface area (Å²) >= 11 is 0. The third kappa shape index (κ3) is 3.90. The van der Waals surface area contributed by atoms with Gasteiger partial charge in [-0.05, 0) is 30.9 Å². The van der Waals surface area contributed by atoms with Crippen molar-refractivity contribution in [1.82, 2.24) is 4.90 Å². The lowest BCUT2D eigenvalue weighted by Crippen LogP contribution is -2.47. The molecule has 1 amide bonds. The largest absolute Gasteiger partial charge is 0.379 e. The van der Waals surface area contributed by atoms with E-state index in [0.717, 1.165) is 45.0 Å². The van der Waals surface area contributed by atoms with Gasteiger partial charge in [-0.3, -0.25) is 14.1 Å². The van der Waals surface area contributed by atoms with Crippen molar-refractivity contribution >= 4 is 11.6 Å². The summed E-state index contributed by atoms with van der Waals surface area (Å²) < 4.78 is 17.9. The average Bonchev–Trinajstić information content (AvgIpc) is 2.60. The van der Waals surface area contributed by atoms with Crippen LogP contribution in [0.4, 0.5) is 10.1 Å². The van der Waals surface area contributed by atoms with Crippen LogP contribution in [0, 0.1) is 5.92 Å². The smallest absolute Gasteiger partial charge is 0.230 e. The fourth-order valence-electron chi connectivity index (χ4n) is 3.48. The van der Waals surface area contributed by atoms with E-state index in [1.165, 1.54) is 5.56 Å². The predicted molar refractivity (Wildman–Crippen MR) is 88.5 cm³/mol. The lowest BCUT2D eigenvalue weighted by Gasteiger charge is -2.36. The first-order valence-electron chi connectivity index (χ1n) is 8.55. The number of amides is 1. The number of para-hydroxylation sites is 1. The van der Waals surface area contributed by atoms with Crippen molar-refractivity contribution in [2.45, 2.75) is 19.3 Å². The number of hydrogen-bond donors (Lipinski definition) is 0. The summed E-state index contributed by atoms with van der Waals surface area (Å²) in [5.74, 6) is 0.0794. The molecule has 2 heterocycles. The molecule has 1 unspecified atom stereocenters. The van der Waals surface area contributed by atoms with Crippen LogP contribution in [-0.4, -0.2) is 56.9 Å². The number of ether oxygens (including phenoxy) is 1. The number of halogens is 1. The Morgan fingerprint density at radius 2 is 1.96 bits per heavy atom. The Balaban J connectivity index is 1.71. The molecule has 0 bridgehead atoms. The first-order chi connectivity index (χ1) is 11.3. The second-order valence-corrected chi connectivity index (χ2v) is 6.30. The maximum absolute atomic E-state index is 12.8. The highest BCUT2D eigenvalue weighted by atomic mass is 19.1. The second kappa shape index (κ2) is 7.88. The summed E-state index contributed by atoms with van der Waals surface area (Å²) in [6.07, 6.45) is 1.84. The van der Waals surface area contributed by atoms with Crippen molar-refractivity contribution in [3.63, 3.8) is 0 Å². The number of morpholine rings is 1. The molecule has 1 atom stereocenters. The van der Waals surface area contributed by atoms with Gasteiger partial charge < -0.3 is 9.64 Å². The van der Waals surface area contributed by atoms with Gasteiger partial charge in [0.15, 0.2) is 0 Å². The molecule has 0 saturated carbocycles. The van der Waals surface area contributed by atoms with E-state index < -0.39 is 0 Å². The highest BCUT2D eigenvalue weighted by Crippen LogP contribution is 2.32. The van der Waals surface area contributed by atoms with E-state index in [0.29, 0.717) is 19.4 Å². The molecule has 1 aromatic rings. The van der Waals surface area contributed by atoms with E-state index in [1.807, 2.05) is 23.1 Å². The number of carbonyl (C=O) groups is 1. The molecule has 126 valence electrons. The van der Waals surface area contributed by atoms with Gasteiger partial charge in [-0.2, -0.15) is 0 Å². The zero-order chi connectivity index (χ0) is 16.1. The summed E-state index contributed by atoms with van der Waals surface area (Å²) in [6, 6.07) is 8.11. The van der Waals surface area contributed by atoms with Crippen LogP contribution < -0.4 is 4.90 Å². The van der Waals surface area contributed by atoms with Gasteiger partial charge in [0, 0.05) is 37.8 Å². The molecule has 23 heavy (non-hydrogen) atoms. The Labute approximate surface area is 137 Å². The number of carbonyl (C=O) groups excluding carboxylic acids is 1. The molecule has 0 N–H and O–H groups in total. The lowest BCUT2D eigenvalue weighted by atomic mass is 9.88. The van der Waals surface area contributed by atoms with E-state index in [4.69, 9.17) is 4.74 Å². The van der Waals surface area contributed by atoms with Crippen molar-refractivity contribution in [3.05, 3.63) is 29.8 Å². The van der Waals surface area contributed by atoms with E-state index in [9.17, 15) is 9.18 Å². The zero-order valence-corrected chi connectivity index (χ0v) is 13.5. The molecule has 1 fully saturated rings. The molecule has 0 radical (unpaired) electrons. The Morgan fingerprint density at radius 3 is 2.74 bits per heavy atom. The number of fused-ring (bicyclic) bond motifs is 1. The fraction of sp³-hybridized carbons (Fsp3) is 0.611. The third-order valence-corrected chi connectivity index (χ3v) is 4.79. The SMILES string of the molecule is O=C1C(CCCF)Cc2ccccc2N1CCN1CCOCC1. The van der Waals surface area contributed by atoms with E-state index in [1.54, 1.807) is 0 Å². The summed E-state index contributed by atoms with van der Waals surface area (Å²) in [4.78, 5) is 17.1. The molecule has 2 aliphatic rings. The monoisotopic (exact) mass is 320 g/mol. The number of anilines is 1. The summed E-state index contributed by atoms with van der Waals surface area (Å²) in [7, 11) is 0. The molecule has 5 heteroatoms. The maximum Gasteiger partial charge on any atom is 0.230 e. The van der Waals surface area contributed by atoms with Crippen molar-refractivity contribution in [1.29, 1.82) is 0 Å². The zero-order valence-electron chi connectivity index (χ0n) is 13.5. The number of rotatable bonds is 6. The molecule has 0 spiro atoms. The Hall–Kier alpha value is -1.46. The topological polar surface area (TPSA) is 32.8 Å². The van der Waals surface area contributed by atoms with Crippen LogP contribution >= 0.6 is 0 Å². The minimum absolute atomic E-state index is 0.0784. The van der Waals surface area contributed by atoms with Crippen molar-refractivity contribution < 1.29 is 13.9 Å². The molecule has 1 saturated heterocycles. The van der Waals surface area contributed by atoms with Crippen molar-refractivity contribution in [2.24, 2.45) is 5.92 Å². The lowest BCUT2D eigenvalue weighted by molar-refractivity contribution is -0.123. The Kier molecular flexibility index (Phi) is 5.62. The first kappa shape index (κ1) is 16.4. The Bertz CT molecular complexity index is 532. The minimum atomic E-state index is -0.348. The van der Waals surface area contributed by atoms with Crippen LogP contribution in [0.1, 0.15) is 18.4 Å². The quantitative estimate of drug-likeness (QED) is 0.806. The minimum Gasteiger partial charge on any atom is -0.379 e. The van der Waals surface area contributed by atoms with Crippen LogP contribution in [-0.2, 0) is 16.0 Å². The highest BCUT2D eigenvalue weighted by molar-refractivity contribution is 5.98. The van der Waals surface area contributed by atoms with Crippen LogP contribution in [0.2, 0.25) is 0 Å². The molecule has 0 aromatic heterocycles. The van der Waals surface area contributed by atoms with Gasteiger partial charge in [0.05, 0.1) is 19.9 Å². The number of hydrogen-bond acceptors (Lipinski definition) is 3. The first-order valence-corrected chi connectivity index (χ1v) is 8.55. The number of alkyl halides is 1. The van der Waals surface area contributed by atoms with E-state index in [-0.39, 0.29) is 18.5 Å². The van der Waals surface area contributed by atoms with Gasteiger partial charge >= 0.3 is 0 Å². The number of benzene rings is 1. The van der Waals surface area contributed by atoms with Gasteiger partial charge in [-0.25, -0.2) is 0 Å². The molecule has 4 nitrogen and oxygen atoms in total. The van der Waals surface area contributed by atoms with Crippen LogP contribution in [0.5, 0.6) is 0 Å². The van der Waals surface area contributed by atoms with Gasteiger partial charge in [-0.1, -0.05) is 18.2 Å². The normalized spacial score (nSPS) is 22.2. The number of nitrogens with zero attached hydrogens (tertiary/aromatic N) is 2. The standard InChI is InChI=1S/C18H25FN2O2/c19-7-3-5-16-14-15-4-1-2-6-17(15)21(18(16)22)9-8-20-10-12-23-13-11-20/h1-2,4,6,16H,3,5,7-14H2. The molecule has 0 aliphatic carbocycles. The van der Waals surface area contributed by atoms with Crippen molar-refractivity contribution in [3.8, 4) is 0 Å². The average molecular weight is 320 g/mol. The molecule has 3 rings (SSSR count). The van der Waals surface area contributed by atoms with Gasteiger partial charge in [0.1, 0.15) is 0 Å². The predicted octanol–water partition coefficient (Wildman–Crippen LogP) is 2.27. The Morgan fingerprint density at radius 1 is 1.17 bits per heavy atom. The highest BCUT2D eigenvalue weighted by Gasteiger charge is 2.32. The second-order valence-electron chi connectivity index (χ2n) is 6.30. The summed E-state index contributed by atoms with van der Waals surface area (Å²) in [5, 5.41) is 0. The summed E-state index contributed by atoms with van der Waals surface area (Å²) in [6.45, 7) is 4.59. The fourth-order valence-corrected chi connectivity index (χ4v) is 3.48. The van der Waals surface area contributed by atoms with Gasteiger partial charge in [-0.15, -0.1) is 0 Å². The van der Waals surface area contributed by atoms with Crippen molar-refractivity contribution in [2.75, 3.05) is 51.0 Å². The van der Waals surface area contributed by atoms with Gasteiger partial charge in [0.2, 0.25) is 5.91 Å². The van der Waals surface area contributed by atoms with Crippen LogP contribution in [0.25, 0.3) is 0 Å². The van der Waals surface area contributed by atoms with E-state index >= 15 is 0 Å². The van der Waals surface area contributed by atoms with E-state index in [2.05, 4.69) is 11.0 Å². The maximum atomic E-state index is 12.8. The third-order valence-electron chi connectivity index (χ3n) is 4.79. The molecule has 1 aromatic carbocycles. The molecule has 2 aliphatic heterocycles. The van der Waals surface area contributed by atoms with Crippen LogP contribution in [0.3, 0.4) is 0 Å². The van der Waals surface area contributed by atoms with Gasteiger partial charge in [0.25, 0.3) is 0 Å². The van der Waals surface area contributed by atoms with Crippen LogP contribution in [0.15, 0.2) is 24.3 Å². The molecular weight excluding hydrogens is 295 g/mol. The molecular formula is C18H25FN2O2. The summed E-state index contributed by atoms with van der Waals surface area (Å²) in [5.41, 5.74) is 2.24.